The number of hydrazine groups is 1. The fraction of sp³-hybridized carbons (Fsp3) is 0. The van der Waals surface area contributed by atoms with Gasteiger partial charge in [0.05, 0.1) is 10.6 Å². The highest BCUT2D eigenvalue weighted by atomic mass is 19.1. The van der Waals surface area contributed by atoms with Crippen LogP contribution in [-0.2, 0) is 9.59 Å². The van der Waals surface area contributed by atoms with Crippen molar-refractivity contribution in [2.45, 2.75) is 0 Å². The van der Waals surface area contributed by atoms with Crippen LogP contribution in [0.4, 0.5) is 15.8 Å². The lowest BCUT2D eigenvalue weighted by Crippen LogP contribution is -2.35. The summed E-state index contributed by atoms with van der Waals surface area (Å²) < 4.78 is 18.6. The Hall–Kier alpha value is -4.47. The van der Waals surface area contributed by atoms with Gasteiger partial charge in [-0.1, -0.05) is 11.8 Å². The number of halogens is 1. The molecule has 0 unspecified atom stereocenters. The largest absolute Gasteiger partial charge is 0.872 e. The van der Waals surface area contributed by atoms with Crippen LogP contribution in [0.2, 0.25) is 0 Å². The van der Waals surface area contributed by atoms with Crippen LogP contribution >= 0.6 is 0 Å². The van der Waals surface area contributed by atoms with Crippen molar-refractivity contribution < 1.29 is 28.4 Å². The number of nitrogens with zero attached hydrogens (tertiary/aromatic N) is 2. The smallest absolute Gasteiger partial charge is 0.282 e. The van der Waals surface area contributed by atoms with Gasteiger partial charge in [0.15, 0.2) is 0 Å². The second kappa shape index (κ2) is 7.17. The van der Waals surface area contributed by atoms with Crippen LogP contribution in [0.15, 0.2) is 64.6 Å². The first kappa shape index (κ1) is 18.9. The molecule has 2 aromatic carbocycles. The van der Waals surface area contributed by atoms with Crippen molar-refractivity contribution >= 4 is 29.3 Å². The minimum Gasteiger partial charge on any atom is -0.872 e. The van der Waals surface area contributed by atoms with E-state index in [1.807, 2.05) is 0 Å². The Bertz CT molecular complexity index is 1220. The summed E-state index contributed by atoms with van der Waals surface area (Å²) in [6.45, 7) is 0. The fourth-order valence-electron chi connectivity index (χ4n) is 2.87. The van der Waals surface area contributed by atoms with Gasteiger partial charge in [0.25, 0.3) is 17.5 Å². The Morgan fingerprint density at radius 2 is 1.80 bits per heavy atom. The van der Waals surface area contributed by atoms with Gasteiger partial charge in [-0.15, -0.1) is 0 Å². The second-order valence-corrected chi connectivity index (χ2v) is 6.26. The Morgan fingerprint density at radius 3 is 2.50 bits per heavy atom. The molecule has 4 rings (SSSR count). The number of anilines is 1. The third-order valence-electron chi connectivity index (χ3n) is 4.33. The highest BCUT2D eigenvalue weighted by Gasteiger charge is 2.34. The third kappa shape index (κ3) is 3.37. The molecular formula is C20H11FN3O6-. The number of hydrogen-bond donors (Lipinski definition) is 1. The predicted molar refractivity (Wildman–Crippen MR) is 100 cm³/mol. The van der Waals surface area contributed by atoms with Crippen LogP contribution in [0.25, 0.3) is 17.4 Å². The molecule has 1 aliphatic heterocycles. The molecule has 0 saturated carbocycles. The van der Waals surface area contributed by atoms with Gasteiger partial charge in [0.1, 0.15) is 22.9 Å². The third-order valence-corrected chi connectivity index (χ3v) is 4.33. The van der Waals surface area contributed by atoms with Crippen molar-refractivity contribution in [3.63, 3.8) is 0 Å². The van der Waals surface area contributed by atoms with E-state index in [1.54, 1.807) is 0 Å². The van der Waals surface area contributed by atoms with E-state index in [4.69, 9.17) is 4.42 Å². The molecule has 0 radical (unpaired) electrons. The van der Waals surface area contributed by atoms with E-state index in [1.165, 1.54) is 30.3 Å². The fourth-order valence-corrected chi connectivity index (χ4v) is 2.87. The van der Waals surface area contributed by atoms with Gasteiger partial charge >= 0.3 is 0 Å². The molecule has 1 N–H and O–H groups in total. The summed E-state index contributed by atoms with van der Waals surface area (Å²) in [5.74, 6) is -2.19. The molecule has 10 heteroatoms. The molecule has 3 aromatic rings. The zero-order chi connectivity index (χ0) is 21.4. The maximum atomic E-state index is 13.1. The molecule has 0 bridgehead atoms. The highest BCUT2D eigenvalue weighted by Crippen LogP contribution is 2.33. The van der Waals surface area contributed by atoms with Crippen LogP contribution in [0.5, 0.6) is 5.75 Å². The van der Waals surface area contributed by atoms with Crippen LogP contribution in [0.3, 0.4) is 0 Å². The first-order valence-electron chi connectivity index (χ1n) is 8.52. The number of rotatable bonds is 4. The van der Waals surface area contributed by atoms with Crippen LogP contribution in [-0.4, -0.2) is 16.7 Å². The minimum absolute atomic E-state index is 0.0241. The molecule has 0 aliphatic carbocycles. The molecule has 1 aromatic heterocycles. The van der Waals surface area contributed by atoms with Gasteiger partial charge < -0.3 is 9.52 Å². The molecule has 1 aliphatic rings. The normalized spacial score (nSPS) is 15.0. The SMILES string of the molecule is O=C1NN(c2ccc(F)cc2)C(=O)/C1=C/c1ccc(-c2cc([N+](=O)[O-])ccc2[O-])o1. The standard InChI is InChI=1S/C20H12FN3O6/c21-11-1-3-12(4-2-11)23-20(27)16(19(26)22-23)10-14-6-8-18(30-14)15-9-13(24(28)29)5-7-17(15)25/h1-10,25H,(H,22,26)/p-1/b16-10+. The lowest BCUT2D eigenvalue weighted by Gasteiger charge is -2.14. The number of carbonyl (C=O) groups is 2. The van der Waals surface area contributed by atoms with E-state index in [9.17, 15) is 29.2 Å². The van der Waals surface area contributed by atoms with Crippen molar-refractivity contribution in [2.75, 3.05) is 5.01 Å². The first-order chi connectivity index (χ1) is 14.3. The number of hydrogen-bond acceptors (Lipinski definition) is 6. The van der Waals surface area contributed by atoms with E-state index in [2.05, 4.69) is 5.43 Å². The number of nitrogens with one attached hydrogen (secondary N) is 1. The average Bonchev–Trinajstić information content (AvgIpc) is 3.29. The number of nitro groups is 1. The van der Waals surface area contributed by atoms with Crippen molar-refractivity contribution in [1.29, 1.82) is 0 Å². The molecule has 1 fully saturated rings. The summed E-state index contributed by atoms with van der Waals surface area (Å²) in [5.41, 5.74) is 2.10. The zero-order valence-electron chi connectivity index (χ0n) is 15.0. The van der Waals surface area contributed by atoms with Crippen LogP contribution in [0, 0.1) is 15.9 Å². The number of non-ortho nitro benzene ring substituents is 1. The number of amides is 2. The van der Waals surface area contributed by atoms with E-state index >= 15 is 0 Å². The number of benzene rings is 2. The van der Waals surface area contributed by atoms with E-state index in [0.29, 0.717) is 0 Å². The molecule has 150 valence electrons. The van der Waals surface area contributed by atoms with E-state index < -0.39 is 28.3 Å². The van der Waals surface area contributed by atoms with Gasteiger partial charge in [-0.25, -0.2) is 9.40 Å². The maximum absolute atomic E-state index is 13.1. The summed E-state index contributed by atoms with van der Waals surface area (Å²) in [4.78, 5) is 35.1. The lowest BCUT2D eigenvalue weighted by molar-refractivity contribution is -0.385. The Labute approximate surface area is 167 Å². The number of nitro benzene ring substituents is 1. The molecule has 1 saturated heterocycles. The highest BCUT2D eigenvalue weighted by molar-refractivity contribution is 6.31. The molecule has 0 spiro atoms. The molecule has 2 heterocycles. The van der Waals surface area contributed by atoms with Gasteiger partial charge in [-0.2, -0.15) is 0 Å². The molecule has 2 amide bonds. The maximum Gasteiger partial charge on any atom is 0.282 e. The Morgan fingerprint density at radius 1 is 1.07 bits per heavy atom. The summed E-state index contributed by atoms with van der Waals surface area (Å²) in [5, 5.41) is 23.9. The average molecular weight is 408 g/mol. The first-order valence-corrected chi connectivity index (χ1v) is 8.52. The number of carbonyl (C=O) groups excluding carboxylic acids is 2. The summed E-state index contributed by atoms with van der Waals surface area (Å²) in [6.07, 6.45) is 1.19. The van der Waals surface area contributed by atoms with Gasteiger partial charge in [0, 0.05) is 17.7 Å². The monoisotopic (exact) mass is 408 g/mol. The van der Waals surface area contributed by atoms with E-state index in [0.717, 1.165) is 35.3 Å². The van der Waals surface area contributed by atoms with Crippen molar-refractivity contribution in [3.05, 3.63) is 81.9 Å². The molecule has 30 heavy (non-hydrogen) atoms. The van der Waals surface area contributed by atoms with Crippen molar-refractivity contribution in [2.24, 2.45) is 0 Å². The Kier molecular flexibility index (Phi) is 4.51. The van der Waals surface area contributed by atoms with Gasteiger partial charge in [-0.05, 0) is 42.5 Å². The summed E-state index contributed by atoms with van der Waals surface area (Å²) in [6, 6.07) is 11.0. The van der Waals surface area contributed by atoms with E-state index in [-0.39, 0.29) is 34.0 Å². The summed E-state index contributed by atoms with van der Waals surface area (Å²) in [7, 11) is 0. The number of furan rings is 1. The topological polar surface area (TPSA) is 129 Å². The van der Waals surface area contributed by atoms with Gasteiger partial charge in [-0.3, -0.25) is 25.1 Å². The molecule has 9 nitrogen and oxygen atoms in total. The lowest BCUT2D eigenvalue weighted by atomic mass is 10.1. The second-order valence-electron chi connectivity index (χ2n) is 6.26. The molecule has 0 atom stereocenters. The predicted octanol–water partition coefficient (Wildman–Crippen LogP) is 2.53. The Balaban J connectivity index is 1.64. The zero-order valence-corrected chi connectivity index (χ0v) is 15.0. The molecular weight excluding hydrogens is 397 g/mol. The van der Waals surface area contributed by atoms with Crippen molar-refractivity contribution in [1.82, 2.24) is 5.43 Å². The quantitative estimate of drug-likeness (QED) is 0.306. The van der Waals surface area contributed by atoms with Crippen LogP contribution < -0.4 is 15.5 Å². The van der Waals surface area contributed by atoms with Crippen molar-refractivity contribution in [3.8, 4) is 17.1 Å². The van der Waals surface area contributed by atoms with Crippen LogP contribution in [0.1, 0.15) is 5.76 Å². The van der Waals surface area contributed by atoms with Gasteiger partial charge in [0.2, 0.25) is 0 Å². The summed E-state index contributed by atoms with van der Waals surface area (Å²) >= 11 is 0. The minimum atomic E-state index is -0.692.